The lowest BCUT2D eigenvalue weighted by Gasteiger charge is -2.19. The fourth-order valence-electron chi connectivity index (χ4n) is 3.87. The maximum atomic E-state index is 13.2. The van der Waals surface area contributed by atoms with Crippen molar-refractivity contribution in [1.82, 2.24) is 4.90 Å². The van der Waals surface area contributed by atoms with Gasteiger partial charge in [-0.3, -0.25) is 9.59 Å². The van der Waals surface area contributed by atoms with Crippen molar-refractivity contribution in [2.75, 3.05) is 18.4 Å². The van der Waals surface area contributed by atoms with Crippen LogP contribution in [0.2, 0.25) is 0 Å². The highest BCUT2D eigenvalue weighted by atomic mass is 16.2. The fourth-order valence-corrected chi connectivity index (χ4v) is 3.87. The molecule has 2 amide bonds. The van der Waals surface area contributed by atoms with E-state index in [1.807, 2.05) is 65.6 Å². The van der Waals surface area contributed by atoms with Gasteiger partial charge in [0, 0.05) is 19.0 Å². The normalized spacial score (nSPS) is 15.9. The second kappa shape index (κ2) is 8.74. The minimum Gasteiger partial charge on any atom is -0.338 e. The third kappa shape index (κ3) is 4.54. The lowest BCUT2D eigenvalue weighted by atomic mass is 9.99. The first-order valence-electron chi connectivity index (χ1n) is 9.98. The predicted octanol–water partition coefficient (Wildman–Crippen LogP) is 4.50. The summed E-state index contributed by atoms with van der Waals surface area (Å²) in [6.45, 7) is 1.43. The van der Waals surface area contributed by atoms with E-state index in [1.165, 1.54) is 5.56 Å². The Labute approximate surface area is 171 Å². The third-order valence-corrected chi connectivity index (χ3v) is 5.39. The van der Waals surface area contributed by atoms with Crippen molar-refractivity contribution in [3.63, 3.8) is 0 Å². The highest BCUT2D eigenvalue weighted by Gasteiger charge is 2.29. The first kappa shape index (κ1) is 18.9. The molecule has 1 aliphatic heterocycles. The zero-order valence-corrected chi connectivity index (χ0v) is 16.3. The molecule has 1 fully saturated rings. The summed E-state index contributed by atoms with van der Waals surface area (Å²) in [5.74, 6) is 0.207. The number of anilines is 1. The first-order valence-corrected chi connectivity index (χ1v) is 9.98. The molecule has 1 heterocycles. The molecule has 1 atom stereocenters. The molecular weight excluding hydrogens is 360 g/mol. The Hall–Kier alpha value is -3.40. The van der Waals surface area contributed by atoms with E-state index in [4.69, 9.17) is 0 Å². The molecule has 1 unspecified atom stereocenters. The molecule has 4 nitrogen and oxygen atoms in total. The van der Waals surface area contributed by atoms with E-state index >= 15 is 0 Å². The van der Waals surface area contributed by atoms with Gasteiger partial charge in [0.2, 0.25) is 5.91 Å². The SMILES string of the molecule is O=C(Cc1ccccc1)Nc1ccccc1C(=O)N1CCC(c2ccccc2)C1. The number of nitrogens with zero attached hydrogens (tertiary/aromatic N) is 1. The molecule has 3 aromatic rings. The molecule has 3 aromatic carbocycles. The number of carbonyl (C=O) groups excluding carboxylic acids is 2. The molecule has 0 saturated carbocycles. The van der Waals surface area contributed by atoms with Gasteiger partial charge < -0.3 is 10.2 Å². The predicted molar refractivity (Wildman–Crippen MR) is 115 cm³/mol. The number of carbonyl (C=O) groups is 2. The summed E-state index contributed by atoms with van der Waals surface area (Å²) in [6, 6.07) is 27.2. The van der Waals surface area contributed by atoms with Gasteiger partial charge in [0.05, 0.1) is 17.7 Å². The van der Waals surface area contributed by atoms with Crippen LogP contribution in [0.15, 0.2) is 84.9 Å². The van der Waals surface area contributed by atoms with E-state index in [2.05, 4.69) is 17.4 Å². The molecule has 1 aliphatic rings. The Morgan fingerprint density at radius 3 is 2.28 bits per heavy atom. The molecule has 0 aliphatic carbocycles. The van der Waals surface area contributed by atoms with E-state index in [0.29, 0.717) is 23.7 Å². The van der Waals surface area contributed by atoms with Crippen molar-refractivity contribution >= 4 is 17.5 Å². The summed E-state index contributed by atoms with van der Waals surface area (Å²) >= 11 is 0. The van der Waals surface area contributed by atoms with Gasteiger partial charge in [-0.15, -0.1) is 0 Å². The number of amides is 2. The molecule has 0 aromatic heterocycles. The van der Waals surface area contributed by atoms with E-state index in [9.17, 15) is 9.59 Å². The van der Waals surface area contributed by atoms with Gasteiger partial charge in [-0.05, 0) is 29.7 Å². The molecule has 4 rings (SSSR count). The molecule has 0 spiro atoms. The molecule has 1 saturated heterocycles. The smallest absolute Gasteiger partial charge is 0.255 e. The highest BCUT2D eigenvalue weighted by molar-refractivity contribution is 6.04. The van der Waals surface area contributed by atoms with Gasteiger partial charge in [0.1, 0.15) is 0 Å². The highest BCUT2D eigenvalue weighted by Crippen LogP contribution is 2.29. The first-order chi connectivity index (χ1) is 14.2. The van der Waals surface area contributed by atoms with Crippen LogP contribution in [0.4, 0.5) is 5.69 Å². The van der Waals surface area contributed by atoms with Crippen molar-refractivity contribution < 1.29 is 9.59 Å². The quantitative estimate of drug-likeness (QED) is 0.704. The van der Waals surface area contributed by atoms with Gasteiger partial charge in [-0.1, -0.05) is 72.8 Å². The number of hydrogen-bond acceptors (Lipinski definition) is 2. The van der Waals surface area contributed by atoms with Crippen LogP contribution < -0.4 is 5.32 Å². The Morgan fingerprint density at radius 1 is 0.862 bits per heavy atom. The monoisotopic (exact) mass is 384 g/mol. The standard InChI is InChI=1S/C25H24N2O2/c28-24(17-19-9-3-1-4-10-19)26-23-14-8-7-13-22(23)25(29)27-16-15-21(18-27)20-11-5-2-6-12-20/h1-14,21H,15-18H2,(H,26,28). The van der Waals surface area contributed by atoms with Crippen LogP contribution in [0.3, 0.4) is 0 Å². The molecular formula is C25H24N2O2. The molecule has 4 heteroatoms. The summed E-state index contributed by atoms with van der Waals surface area (Å²) in [5.41, 5.74) is 3.33. The Balaban J connectivity index is 1.45. The van der Waals surface area contributed by atoms with Crippen molar-refractivity contribution in [3.05, 3.63) is 102 Å². The molecule has 146 valence electrons. The van der Waals surface area contributed by atoms with Gasteiger partial charge in [-0.2, -0.15) is 0 Å². The van der Waals surface area contributed by atoms with Crippen LogP contribution in [-0.4, -0.2) is 29.8 Å². The zero-order valence-electron chi connectivity index (χ0n) is 16.3. The van der Waals surface area contributed by atoms with E-state index in [-0.39, 0.29) is 18.2 Å². The average Bonchev–Trinajstić information content (AvgIpc) is 3.25. The van der Waals surface area contributed by atoms with Crippen molar-refractivity contribution in [3.8, 4) is 0 Å². The van der Waals surface area contributed by atoms with Gasteiger partial charge in [0.15, 0.2) is 0 Å². The zero-order chi connectivity index (χ0) is 20.1. The summed E-state index contributed by atoms with van der Waals surface area (Å²) in [7, 11) is 0. The van der Waals surface area contributed by atoms with E-state index in [1.54, 1.807) is 12.1 Å². The minimum absolute atomic E-state index is 0.0287. The Bertz CT molecular complexity index is 986. The average molecular weight is 384 g/mol. The van der Waals surface area contributed by atoms with Crippen LogP contribution in [0, 0.1) is 0 Å². The molecule has 1 N–H and O–H groups in total. The summed E-state index contributed by atoms with van der Waals surface area (Å²) < 4.78 is 0. The fraction of sp³-hybridized carbons (Fsp3) is 0.200. The summed E-state index contributed by atoms with van der Waals surface area (Å²) in [4.78, 5) is 27.5. The number of benzene rings is 3. The summed E-state index contributed by atoms with van der Waals surface area (Å²) in [5, 5.41) is 2.92. The topological polar surface area (TPSA) is 49.4 Å². The van der Waals surface area contributed by atoms with Crippen LogP contribution >= 0.6 is 0 Å². The van der Waals surface area contributed by atoms with E-state index < -0.39 is 0 Å². The number of nitrogens with one attached hydrogen (secondary N) is 1. The second-order valence-corrected chi connectivity index (χ2v) is 7.40. The lowest BCUT2D eigenvalue weighted by Crippen LogP contribution is -2.29. The Morgan fingerprint density at radius 2 is 1.52 bits per heavy atom. The van der Waals surface area contributed by atoms with Crippen LogP contribution in [-0.2, 0) is 11.2 Å². The maximum Gasteiger partial charge on any atom is 0.255 e. The Kier molecular flexibility index (Phi) is 5.71. The van der Waals surface area contributed by atoms with Gasteiger partial charge in [0.25, 0.3) is 5.91 Å². The number of likely N-dealkylation sites (tertiary alicyclic amines) is 1. The maximum absolute atomic E-state index is 13.2. The van der Waals surface area contributed by atoms with Crippen LogP contribution in [0.1, 0.15) is 33.8 Å². The number of hydrogen-bond donors (Lipinski definition) is 1. The molecule has 0 radical (unpaired) electrons. The largest absolute Gasteiger partial charge is 0.338 e. The van der Waals surface area contributed by atoms with Crippen molar-refractivity contribution in [2.24, 2.45) is 0 Å². The number of para-hydroxylation sites is 1. The van der Waals surface area contributed by atoms with Crippen molar-refractivity contribution in [2.45, 2.75) is 18.8 Å². The lowest BCUT2D eigenvalue weighted by molar-refractivity contribution is -0.115. The third-order valence-electron chi connectivity index (χ3n) is 5.39. The van der Waals surface area contributed by atoms with Crippen LogP contribution in [0.25, 0.3) is 0 Å². The second-order valence-electron chi connectivity index (χ2n) is 7.40. The van der Waals surface area contributed by atoms with Gasteiger partial charge in [-0.25, -0.2) is 0 Å². The van der Waals surface area contributed by atoms with Crippen LogP contribution in [0.5, 0.6) is 0 Å². The molecule has 29 heavy (non-hydrogen) atoms. The minimum atomic E-state index is -0.125. The summed E-state index contributed by atoms with van der Waals surface area (Å²) in [6.07, 6.45) is 1.24. The number of rotatable bonds is 5. The van der Waals surface area contributed by atoms with Crippen molar-refractivity contribution in [1.29, 1.82) is 0 Å². The van der Waals surface area contributed by atoms with Gasteiger partial charge >= 0.3 is 0 Å². The van der Waals surface area contributed by atoms with E-state index in [0.717, 1.165) is 18.5 Å². The molecule has 0 bridgehead atoms.